The first-order valence-electron chi connectivity index (χ1n) is 7.70. The van der Waals surface area contributed by atoms with Gasteiger partial charge in [-0.15, -0.1) is 0 Å². The third-order valence-electron chi connectivity index (χ3n) is 4.09. The van der Waals surface area contributed by atoms with E-state index in [0.717, 1.165) is 57.7 Å². The summed E-state index contributed by atoms with van der Waals surface area (Å²) in [5.41, 5.74) is 3.20. The lowest BCUT2D eigenvalue weighted by Gasteiger charge is -2.08. The molecule has 0 saturated heterocycles. The highest BCUT2D eigenvalue weighted by Gasteiger charge is 2.28. The first kappa shape index (κ1) is 15.1. The smallest absolute Gasteiger partial charge is 0.119 e. The molecule has 0 aromatic heterocycles. The summed E-state index contributed by atoms with van der Waals surface area (Å²) >= 11 is 0. The zero-order valence-electron chi connectivity index (χ0n) is 12.8. The Hall–Kier alpha value is -1.81. The van der Waals surface area contributed by atoms with Crippen molar-refractivity contribution in [1.29, 1.82) is 0 Å². The van der Waals surface area contributed by atoms with Crippen LogP contribution in [0.25, 0.3) is 11.1 Å². The van der Waals surface area contributed by atoms with Crippen LogP contribution in [0.4, 0.5) is 0 Å². The van der Waals surface area contributed by atoms with Crippen molar-refractivity contribution in [1.82, 2.24) is 0 Å². The molecule has 4 heteroatoms. The van der Waals surface area contributed by atoms with Gasteiger partial charge in [0.25, 0.3) is 0 Å². The van der Waals surface area contributed by atoms with Gasteiger partial charge in [-0.3, -0.25) is 0 Å². The van der Waals surface area contributed by atoms with Crippen molar-refractivity contribution in [2.45, 2.75) is 49.3 Å². The molecule has 0 atom stereocenters. The van der Waals surface area contributed by atoms with Crippen molar-refractivity contribution in [3.63, 3.8) is 0 Å². The highest BCUT2D eigenvalue weighted by molar-refractivity contribution is 7.85. The van der Waals surface area contributed by atoms with Crippen LogP contribution in [0, 0.1) is 0 Å². The van der Waals surface area contributed by atoms with Crippen molar-refractivity contribution >= 4 is 10.8 Å². The average Bonchev–Trinajstić information content (AvgIpc) is 2.73. The lowest BCUT2D eigenvalue weighted by molar-refractivity contribution is 0.466. The average molecular weight is 316 g/mol. The molecule has 2 aromatic rings. The molecular weight excluding hydrogens is 296 g/mol. The van der Waals surface area contributed by atoms with E-state index in [4.69, 9.17) is 0 Å². The summed E-state index contributed by atoms with van der Waals surface area (Å²) in [5, 5.41) is 20.3. The lowest BCUT2D eigenvalue weighted by atomic mass is 9.99. The van der Waals surface area contributed by atoms with Gasteiger partial charge in [0.05, 0.1) is 20.6 Å². The minimum atomic E-state index is -1.24. The third-order valence-corrected chi connectivity index (χ3v) is 5.56. The summed E-state index contributed by atoms with van der Waals surface area (Å²) in [6.07, 6.45) is 3.37. The van der Waals surface area contributed by atoms with Crippen LogP contribution in [0.3, 0.4) is 0 Å². The zero-order chi connectivity index (χ0) is 15.9. The van der Waals surface area contributed by atoms with Gasteiger partial charge < -0.3 is 10.2 Å². The van der Waals surface area contributed by atoms with Gasteiger partial charge in [-0.1, -0.05) is 26.7 Å². The van der Waals surface area contributed by atoms with Crippen LogP contribution in [-0.2, 0) is 23.6 Å². The second-order valence-electron chi connectivity index (χ2n) is 5.72. The SMILES string of the molecule is CCCc1cc2c(cc1O)-c1cc(O)c(CCC)cc1S2=O. The lowest BCUT2D eigenvalue weighted by Crippen LogP contribution is -1.91. The molecule has 1 aliphatic heterocycles. The van der Waals surface area contributed by atoms with Crippen molar-refractivity contribution < 1.29 is 14.4 Å². The van der Waals surface area contributed by atoms with Crippen LogP contribution in [0.15, 0.2) is 34.1 Å². The number of phenolic OH excluding ortho intramolecular Hbond substituents is 2. The minimum absolute atomic E-state index is 0.238. The maximum atomic E-state index is 12.8. The summed E-state index contributed by atoms with van der Waals surface area (Å²) in [5.74, 6) is 0.477. The molecule has 0 fully saturated rings. The Morgan fingerprint density at radius 1 is 0.818 bits per heavy atom. The van der Waals surface area contributed by atoms with Crippen molar-refractivity contribution in [2.24, 2.45) is 0 Å². The molecule has 0 radical (unpaired) electrons. The Kier molecular flexibility index (Phi) is 3.96. The van der Waals surface area contributed by atoms with Crippen LogP contribution < -0.4 is 0 Å². The van der Waals surface area contributed by atoms with E-state index in [-0.39, 0.29) is 11.5 Å². The zero-order valence-corrected chi connectivity index (χ0v) is 13.7. The van der Waals surface area contributed by atoms with Gasteiger partial charge in [0, 0.05) is 11.1 Å². The maximum Gasteiger partial charge on any atom is 0.119 e. The second-order valence-corrected chi connectivity index (χ2v) is 7.14. The van der Waals surface area contributed by atoms with E-state index in [0.29, 0.717) is 0 Å². The number of aromatic hydroxyl groups is 2. The molecule has 3 nitrogen and oxygen atoms in total. The van der Waals surface area contributed by atoms with Gasteiger partial charge in [0.1, 0.15) is 11.5 Å². The number of hydrogen-bond donors (Lipinski definition) is 2. The van der Waals surface area contributed by atoms with E-state index < -0.39 is 10.8 Å². The summed E-state index contributed by atoms with van der Waals surface area (Å²) < 4.78 is 12.8. The van der Waals surface area contributed by atoms with E-state index >= 15 is 0 Å². The van der Waals surface area contributed by atoms with Gasteiger partial charge in [0.15, 0.2) is 0 Å². The first-order valence-corrected chi connectivity index (χ1v) is 8.85. The number of phenols is 2. The molecule has 3 rings (SSSR count). The van der Waals surface area contributed by atoms with Crippen LogP contribution in [-0.4, -0.2) is 14.4 Å². The van der Waals surface area contributed by atoms with Gasteiger partial charge in [-0.25, -0.2) is 4.21 Å². The topological polar surface area (TPSA) is 57.5 Å². The molecule has 0 bridgehead atoms. The standard InChI is InChI=1S/C18H20O3S/c1-3-5-11-7-17-13(9-15(11)19)14-10-16(20)12(6-4-2)8-18(14)22(17)21/h7-10,19-20H,3-6H2,1-2H3. The summed E-state index contributed by atoms with van der Waals surface area (Å²) in [6, 6.07) is 7.06. The van der Waals surface area contributed by atoms with Gasteiger partial charge in [-0.05, 0) is 48.2 Å². The normalized spacial score (nSPS) is 13.2. The van der Waals surface area contributed by atoms with Crippen molar-refractivity contribution in [3.8, 4) is 22.6 Å². The number of benzene rings is 2. The molecular formula is C18H20O3S. The molecule has 0 spiro atoms. The number of rotatable bonds is 4. The molecule has 116 valence electrons. The molecule has 0 saturated carbocycles. The quantitative estimate of drug-likeness (QED) is 0.760. The Bertz CT molecular complexity index is 702. The fourth-order valence-corrected chi connectivity index (χ4v) is 4.48. The fraction of sp³-hybridized carbons (Fsp3) is 0.333. The second kappa shape index (κ2) is 5.76. The Balaban J connectivity index is 2.16. The predicted octanol–water partition coefficient (Wildman–Crippen LogP) is 4.15. The predicted molar refractivity (Wildman–Crippen MR) is 87.9 cm³/mol. The maximum absolute atomic E-state index is 12.8. The molecule has 2 aromatic carbocycles. The van der Waals surface area contributed by atoms with Crippen LogP contribution in [0.1, 0.15) is 37.8 Å². The van der Waals surface area contributed by atoms with Crippen LogP contribution in [0.2, 0.25) is 0 Å². The molecule has 0 aliphatic carbocycles. The van der Waals surface area contributed by atoms with Gasteiger partial charge in [0.2, 0.25) is 0 Å². The summed E-state index contributed by atoms with van der Waals surface area (Å²) in [7, 11) is -1.24. The summed E-state index contributed by atoms with van der Waals surface area (Å²) in [4.78, 5) is 1.48. The van der Waals surface area contributed by atoms with Crippen LogP contribution >= 0.6 is 0 Å². The van der Waals surface area contributed by atoms with E-state index in [2.05, 4.69) is 0 Å². The summed E-state index contributed by atoms with van der Waals surface area (Å²) in [6.45, 7) is 4.10. The van der Waals surface area contributed by atoms with Gasteiger partial charge >= 0.3 is 0 Å². The fourth-order valence-electron chi connectivity index (χ4n) is 3.01. The van der Waals surface area contributed by atoms with E-state index in [1.807, 2.05) is 26.0 Å². The molecule has 22 heavy (non-hydrogen) atoms. The molecule has 0 unspecified atom stereocenters. The van der Waals surface area contributed by atoms with E-state index in [1.54, 1.807) is 12.1 Å². The van der Waals surface area contributed by atoms with E-state index in [1.165, 1.54) is 0 Å². The molecule has 0 amide bonds. The molecule has 2 N–H and O–H groups in total. The highest BCUT2D eigenvalue weighted by Crippen LogP contribution is 2.45. The molecule has 1 heterocycles. The monoisotopic (exact) mass is 316 g/mol. The van der Waals surface area contributed by atoms with Crippen LogP contribution in [0.5, 0.6) is 11.5 Å². The minimum Gasteiger partial charge on any atom is -0.508 e. The number of hydrogen-bond acceptors (Lipinski definition) is 3. The third kappa shape index (κ3) is 2.31. The van der Waals surface area contributed by atoms with Crippen molar-refractivity contribution in [2.75, 3.05) is 0 Å². The van der Waals surface area contributed by atoms with Gasteiger partial charge in [-0.2, -0.15) is 0 Å². The Morgan fingerprint density at radius 3 is 1.59 bits per heavy atom. The Labute approximate surface area is 133 Å². The number of fused-ring (bicyclic) bond motifs is 3. The molecule has 1 aliphatic rings. The first-order chi connectivity index (χ1) is 10.6. The number of aryl methyl sites for hydroxylation is 2. The largest absolute Gasteiger partial charge is 0.508 e. The van der Waals surface area contributed by atoms with E-state index in [9.17, 15) is 14.4 Å². The Morgan fingerprint density at radius 2 is 1.23 bits per heavy atom. The highest BCUT2D eigenvalue weighted by atomic mass is 32.2. The van der Waals surface area contributed by atoms with Crippen molar-refractivity contribution in [3.05, 3.63) is 35.4 Å².